The Balaban J connectivity index is 1.45. The van der Waals surface area contributed by atoms with Crippen LogP contribution in [0.15, 0.2) is 66.7 Å². The smallest absolute Gasteiger partial charge is 0.251 e. The molecule has 0 saturated heterocycles. The topological polar surface area (TPSA) is 67.9 Å². The van der Waals surface area contributed by atoms with Crippen LogP contribution in [0.2, 0.25) is 0 Å². The van der Waals surface area contributed by atoms with Crippen LogP contribution in [0, 0.1) is 0 Å². The van der Waals surface area contributed by atoms with E-state index in [9.17, 15) is 9.59 Å². The van der Waals surface area contributed by atoms with Gasteiger partial charge in [0.1, 0.15) is 0 Å². The minimum absolute atomic E-state index is 0.0433. The molecule has 3 aromatic carbocycles. The predicted octanol–water partition coefficient (Wildman–Crippen LogP) is 3.72. The first-order valence-corrected chi connectivity index (χ1v) is 10.1. The van der Waals surface area contributed by atoms with E-state index in [0.717, 1.165) is 22.4 Å². The Labute approximate surface area is 181 Å². The highest BCUT2D eigenvalue weighted by Crippen LogP contribution is 2.31. The fraction of sp³-hybridized carbons (Fsp3) is 0.200. The van der Waals surface area contributed by atoms with Crippen LogP contribution in [0.5, 0.6) is 11.5 Å². The molecule has 0 saturated carbocycles. The largest absolute Gasteiger partial charge is 0.493 e. The number of methoxy groups -OCH3 is 2. The lowest BCUT2D eigenvalue weighted by Gasteiger charge is -2.18. The Morgan fingerprint density at radius 2 is 1.71 bits per heavy atom. The summed E-state index contributed by atoms with van der Waals surface area (Å²) in [6.07, 6.45) is 0.305. The van der Waals surface area contributed by atoms with Crippen LogP contribution in [0.3, 0.4) is 0 Å². The number of ether oxygens (including phenoxy) is 2. The summed E-state index contributed by atoms with van der Waals surface area (Å²) in [7, 11) is 3.16. The maximum Gasteiger partial charge on any atom is 0.251 e. The summed E-state index contributed by atoms with van der Waals surface area (Å²) < 4.78 is 10.5. The quantitative estimate of drug-likeness (QED) is 0.637. The molecule has 0 aliphatic carbocycles. The predicted molar refractivity (Wildman–Crippen MR) is 118 cm³/mol. The number of benzene rings is 3. The van der Waals surface area contributed by atoms with Gasteiger partial charge < -0.3 is 19.7 Å². The first-order valence-electron chi connectivity index (χ1n) is 10.1. The van der Waals surface area contributed by atoms with Crippen LogP contribution in [-0.4, -0.2) is 26.0 Å². The number of hydrogen-bond acceptors (Lipinski definition) is 4. The Morgan fingerprint density at radius 3 is 2.45 bits per heavy atom. The summed E-state index contributed by atoms with van der Waals surface area (Å²) in [5.41, 5.74) is 4.25. The normalized spacial score (nSPS) is 12.5. The summed E-state index contributed by atoms with van der Waals surface area (Å²) in [5.74, 6) is 1.11. The first kappa shape index (κ1) is 20.5. The van der Waals surface area contributed by atoms with Gasteiger partial charge in [0.15, 0.2) is 11.5 Å². The van der Waals surface area contributed by atoms with Crippen molar-refractivity contribution < 1.29 is 19.1 Å². The minimum atomic E-state index is -0.188. The summed E-state index contributed by atoms with van der Waals surface area (Å²) in [5, 5.41) is 2.92. The standard InChI is InChI=1S/C25H24N2O4/c1-30-22-11-8-18(12-23(22)31-2)15-26-25(29)19-9-10-21-20(13-19)14-24(28)27(21)16-17-6-4-3-5-7-17/h3-13H,14-16H2,1-2H3,(H,26,29). The minimum Gasteiger partial charge on any atom is -0.493 e. The fourth-order valence-electron chi connectivity index (χ4n) is 3.74. The van der Waals surface area contributed by atoms with Crippen molar-refractivity contribution >= 4 is 17.5 Å². The molecule has 0 spiro atoms. The summed E-state index contributed by atoms with van der Waals surface area (Å²) >= 11 is 0. The second kappa shape index (κ2) is 8.92. The summed E-state index contributed by atoms with van der Waals surface area (Å²) in [6.45, 7) is 0.882. The highest BCUT2D eigenvalue weighted by atomic mass is 16.5. The zero-order valence-electron chi connectivity index (χ0n) is 17.6. The molecule has 0 radical (unpaired) electrons. The van der Waals surface area contributed by atoms with Gasteiger partial charge in [-0.3, -0.25) is 9.59 Å². The van der Waals surface area contributed by atoms with Crippen LogP contribution < -0.4 is 19.7 Å². The third-order valence-electron chi connectivity index (χ3n) is 5.36. The van der Waals surface area contributed by atoms with Gasteiger partial charge in [-0.2, -0.15) is 0 Å². The van der Waals surface area contributed by atoms with Crippen LogP contribution >= 0.6 is 0 Å². The molecule has 0 fully saturated rings. The lowest BCUT2D eigenvalue weighted by atomic mass is 10.1. The number of nitrogens with zero attached hydrogens (tertiary/aromatic N) is 1. The van der Waals surface area contributed by atoms with Crippen LogP contribution in [0.25, 0.3) is 0 Å². The van der Waals surface area contributed by atoms with Gasteiger partial charge in [-0.15, -0.1) is 0 Å². The maximum absolute atomic E-state index is 12.7. The summed E-state index contributed by atoms with van der Waals surface area (Å²) in [6, 6.07) is 20.8. The van der Waals surface area contributed by atoms with Crippen molar-refractivity contribution in [3.63, 3.8) is 0 Å². The molecule has 0 bridgehead atoms. The monoisotopic (exact) mass is 416 g/mol. The molecule has 1 heterocycles. The van der Waals surface area contributed by atoms with E-state index in [1.54, 1.807) is 25.2 Å². The number of fused-ring (bicyclic) bond motifs is 1. The third kappa shape index (κ3) is 4.38. The van der Waals surface area contributed by atoms with Gasteiger partial charge in [-0.05, 0) is 47.0 Å². The molecule has 1 aliphatic heterocycles. The number of nitrogens with one attached hydrogen (secondary N) is 1. The van der Waals surface area contributed by atoms with E-state index in [1.807, 2.05) is 60.7 Å². The van der Waals surface area contributed by atoms with Gasteiger partial charge in [0.2, 0.25) is 5.91 Å². The lowest BCUT2D eigenvalue weighted by molar-refractivity contribution is -0.117. The fourth-order valence-corrected chi connectivity index (χ4v) is 3.74. The van der Waals surface area contributed by atoms with Crippen LogP contribution in [0.1, 0.15) is 27.0 Å². The first-order chi connectivity index (χ1) is 15.1. The van der Waals surface area contributed by atoms with Gasteiger partial charge >= 0.3 is 0 Å². The zero-order chi connectivity index (χ0) is 21.8. The van der Waals surface area contributed by atoms with Crippen molar-refractivity contribution in [2.45, 2.75) is 19.5 Å². The number of rotatable bonds is 7. The van der Waals surface area contributed by atoms with Gasteiger partial charge in [-0.25, -0.2) is 0 Å². The van der Waals surface area contributed by atoms with E-state index in [1.165, 1.54) is 0 Å². The molecule has 1 aliphatic rings. The SMILES string of the molecule is COc1ccc(CNC(=O)c2ccc3c(c2)CC(=O)N3Cc2ccccc2)cc1OC. The van der Waals surface area contributed by atoms with E-state index >= 15 is 0 Å². The average Bonchev–Trinajstić information content (AvgIpc) is 3.12. The number of amides is 2. The highest BCUT2D eigenvalue weighted by Gasteiger charge is 2.28. The Hall–Kier alpha value is -3.80. The molecule has 31 heavy (non-hydrogen) atoms. The van der Waals surface area contributed by atoms with Crippen molar-refractivity contribution in [1.82, 2.24) is 5.32 Å². The lowest BCUT2D eigenvalue weighted by Crippen LogP contribution is -2.26. The molecule has 6 nitrogen and oxygen atoms in total. The number of anilines is 1. The number of carbonyl (C=O) groups is 2. The second-order valence-electron chi connectivity index (χ2n) is 7.36. The number of carbonyl (C=O) groups excluding carboxylic acids is 2. The van der Waals surface area contributed by atoms with E-state index in [4.69, 9.17) is 9.47 Å². The van der Waals surface area contributed by atoms with Crippen LogP contribution in [0.4, 0.5) is 5.69 Å². The number of hydrogen-bond donors (Lipinski definition) is 1. The molecule has 0 unspecified atom stereocenters. The molecular formula is C25H24N2O4. The van der Waals surface area contributed by atoms with Gasteiger partial charge in [0.25, 0.3) is 5.91 Å². The molecule has 2 amide bonds. The molecule has 6 heteroatoms. The summed E-state index contributed by atoms with van der Waals surface area (Å²) in [4.78, 5) is 27.0. The molecule has 1 N–H and O–H groups in total. The average molecular weight is 416 g/mol. The van der Waals surface area contributed by atoms with E-state index < -0.39 is 0 Å². The highest BCUT2D eigenvalue weighted by molar-refractivity contribution is 6.03. The second-order valence-corrected chi connectivity index (χ2v) is 7.36. The van der Waals surface area contributed by atoms with Crippen molar-refractivity contribution in [3.8, 4) is 11.5 Å². The van der Waals surface area contributed by atoms with Gasteiger partial charge in [0.05, 0.1) is 27.2 Å². The van der Waals surface area contributed by atoms with Crippen molar-refractivity contribution in [3.05, 3.63) is 89.0 Å². The molecular weight excluding hydrogens is 392 g/mol. The van der Waals surface area contributed by atoms with Gasteiger partial charge in [-0.1, -0.05) is 36.4 Å². The molecule has 0 atom stereocenters. The zero-order valence-corrected chi connectivity index (χ0v) is 17.6. The molecule has 0 aromatic heterocycles. The molecule has 158 valence electrons. The van der Waals surface area contributed by atoms with Crippen molar-refractivity contribution in [1.29, 1.82) is 0 Å². The Bertz CT molecular complexity index is 1110. The van der Waals surface area contributed by atoms with Crippen molar-refractivity contribution in [2.24, 2.45) is 0 Å². The van der Waals surface area contributed by atoms with E-state index in [-0.39, 0.29) is 11.8 Å². The van der Waals surface area contributed by atoms with Crippen molar-refractivity contribution in [2.75, 3.05) is 19.1 Å². The Morgan fingerprint density at radius 1 is 0.935 bits per heavy atom. The Kier molecular flexibility index (Phi) is 5.89. The van der Waals surface area contributed by atoms with Gasteiger partial charge in [0, 0.05) is 17.8 Å². The van der Waals surface area contributed by atoms with E-state index in [2.05, 4.69) is 5.32 Å². The van der Waals surface area contributed by atoms with Crippen LogP contribution in [-0.2, 0) is 24.3 Å². The molecule has 4 rings (SSSR count). The molecule has 3 aromatic rings. The van der Waals surface area contributed by atoms with E-state index in [0.29, 0.717) is 36.6 Å². The maximum atomic E-state index is 12.7. The third-order valence-corrected chi connectivity index (χ3v) is 5.36.